The first-order valence-electron chi connectivity index (χ1n) is 5.20. The summed E-state index contributed by atoms with van der Waals surface area (Å²) in [6, 6.07) is 0. The van der Waals surface area contributed by atoms with E-state index in [1.54, 1.807) is 0 Å². The van der Waals surface area contributed by atoms with Gasteiger partial charge in [0.05, 0.1) is 6.61 Å². The summed E-state index contributed by atoms with van der Waals surface area (Å²) in [7, 11) is -1.13. The fraction of sp³-hybridized carbons (Fsp3) is 1.00. The zero-order chi connectivity index (χ0) is 10.8. The van der Waals surface area contributed by atoms with Gasteiger partial charge in [0, 0.05) is 0 Å². The first-order valence-corrected chi connectivity index (χ1v) is 6.30. The van der Waals surface area contributed by atoms with Gasteiger partial charge in [-0.25, -0.2) is 0 Å². The third-order valence-corrected chi connectivity index (χ3v) is 4.35. The van der Waals surface area contributed by atoms with Crippen molar-refractivity contribution in [2.75, 3.05) is 6.61 Å². The van der Waals surface area contributed by atoms with E-state index >= 15 is 0 Å². The molecule has 0 aromatic rings. The zero-order valence-corrected chi connectivity index (χ0v) is 10.7. The van der Waals surface area contributed by atoms with Crippen LogP contribution < -0.4 is 0 Å². The largest absolute Gasteiger partial charge is 0.333 e. The molecule has 3 nitrogen and oxygen atoms in total. The van der Waals surface area contributed by atoms with Crippen LogP contribution in [0.2, 0.25) is 0 Å². The third-order valence-electron chi connectivity index (χ3n) is 2.75. The van der Waals surface area contributed by atoms with Crippen LogP contribution in [-0.4, -0.2) is 17.8 Å². The van der Waals surface area contributed by atoms with Gasteiger partial charge in [-0.3, -0.25) is 0 Å². The topological polar surface area (TPSA) is 27.7 Å². The van der Waals surface area contributed by atoms with Crippen molar-refractivity contribution in [3.05, 3.63) is 0 Å². The highest BCUT2D eigenvalue weighted by Crippen LogP contribution is 2.58. The third kappa shape index (κ3) is 2.66. The number of rotatable bonds is 4. The number of hydrogen-bond acceptors (Lipinski definition) is 3. The summed E-state index contributed by atoms with van der Waals surface area (Å²) in [5.74, 6) is 0. The normalized spacial score (nSPS) is 25.5. The molecule has 0 bridgehead atoms. The maximum absolute atomic E-state index is 5.73. The predicted molar refractivity (Wildman–Crippen MR) is 58.1 cm³/mol. The first-order chi connectivity index (χ1) is 6.39. The molecule has 4 heteroatoms. The first kappa shape index (κ1) is 12.4. The zero-order valence-electron chi connectivity index (χ0n) is 9.79. The highest BCUT2D eigenvalue weighted by atomic mass is 31.2. The van der Waals surface area contributed by atoms with Crippen molar-refractivity contribution in [3.8, 4) is 0 Å². The van der Waals surface area contributed by atoms with E-state index in [1.807, 2.05) is 27.7 Å². The molecule has 0 spiro atoms. The van der Waals surface area contributed by atoms with Crippen molar-refractivity contribution in [1.82, 2.24) is 0 Å². The minimum Gasteiger partial charge on any atom is -0.312 e. The van der Waals surface area contributed by atoms with Gasteiger partial charge in [-0.05, 0) is 34.1 Å². The van der Waals surface area contributed by atoms with E-state index in [0.29, 0.717) is 0 Å². The second kappa shape index (κ2) is 4.44. The lowest BCUT2D eigenvalue weighted by Gasteiger charge is -2.29. The molecule has 1 rings (SSSR count). The van der Waals surface area contributed by atoms with Crippen LogP contribution in [0.25, 0.3) is 0 Å². The van der Waals surface area contributed by atoms with E-state index in [2.05, 4.69) is 6.92 Å². The molecule has 1 aliphatic heterocycles. The van der Waals surface area contributed by atoms with Crippen LogP contribution in [0.3, 0.4) is 0 Å². The molecule has 0 radical (unpaired) electrons. The molecule has 0 unspecified atom stereocenters. The maximum atomic E-state index is 5.73. The van der Waals surface area contributed by atoms with Crippen LogP contribution >= 0.6 is 8.60 Å². The van der Waals surface area contributed by atoms with E-state index in [9.17, 15) is 0 Å². The fourth-order valence-corrected chi connectivity index (χ4v) is 2.55. The average molecular weight is 220 g/mol. The van der Waals surface area contributed by atoms with E-state index < -0.39 is 8.60 Å². The van der Waals surface area contributed by atoms with Crippen molar-refractivity contribution in [2.24, 2.45) is 0 Å². The summed E-state index contributed by atoms with van der Waals surface area (Å²) in [5, 5.41) is 0. The molecule has 0 amide bonds. The summed E-state index contributed by atoms with van der Waals surface area (Å²) in [4.78, 5) is 0. The summed E-state index contributed by atoms with van der Waals surface area (Å²) in [5.41, 5.74) is -0.518. The van der Waals surface area contributed by atoms with Gasteiger partial charge in [-0.1, -0.05) is 13.3 Å². The van der Waals surface area contributed by atoms with Crippen molar-refractivity contribution in [1.29, 1.82) is 0 Å². The van der Waals surface area contributed by atoms with Gasteiger partial charge in [-0.2, -0.15) is 0 Å². The van der Waals surface area contributed by atoms with Gasteiger partial charge < -0.3 is 13.6 Å². The Balaban J connectivity index is 2.39. The van der Waals surface area contributed by atoms with Crippen molar-refractivity contribution in [2.45, 2.75) is 58.7 Å². The van der Waals surface area contributed by atoms with E-state index in [-0.39, 0.29) is 11.2 Å². The molecule has 14 heavy (non-hydrogen) atoms. The Labute approximate surface area is 88.1 Å². The van der Waals surface area contributed by atoms with Gasteiger partial charge in [0.25, 0.3) is 0 Å². The Hall–Kier alpha value is 0.310. The average Bonchev–Trinajstić information content (AvgIpc) is 2.21. The molecule has 0 atom stereocenters. The van der Waals surface area contributed by atoms with Gasteiger partial charge in [0.15, 0.2) is 0 Å². The molecule has 1 aliphatic rings. The molecular weight excluding hydrogens is 199 g/mol. The van der Waals surface area contributed by atoms with Crippen LogP contribution in [0.1, 0.15) is 47.5 Å². The Morgan fingerprint density at radius 2 is 1.57 bits per heavy atom. The van der Waals surface area contributed by atoms with Crippen LogP contribution in [0.15, 0.2) is 0 Å². The van der Waals surface area contributed by atoms with E-state index in [1.165, 1.54) is 0 Å². The molecule has 1 heterocycles. The molecule has 0 aliphatic carbocycles. The van der Waals surface area contributed by atoms with Gasteiger partial charge in [0.2, 0.25) is 0 Å². The van der Waals surface area contributed by atoms with Gasteiger partial charge in [-0.15, -0.1) is 0 Å². The van der Waals surface area contributed by atoms with Crippen LogP contribution in [0.5, 0.6) is 0 Å². The van der Waals surface area contributed by atoms with Gasteiger partial charge >= 0.3 is 8.60 Å². The predicted octanol–water partition coefficient (Wildman–Crippen LogP) is 3.63. The fourth-order valence-electron chi connectivity index (χ4n) is 0.947. The quantitative estimate of drug-likeness (QED) is 0.534. The lowest BCUT2D eigenvalue weighted by molar-refractivity contribution is 0.00578. The minimum absolute atomic E-state index is 0.259. The van der Waals surface area contributed by atoms with Crippen LogP contribution in [0, 0.1) is 0 Å². The molecule has 0 aromatic heterocycles. The standard InChI is InChI=1S/C10H21O3P/c1-6-7-8-11-14-12-9(2,3)10(4,5)13-14/h6-8H2,1-5H3. The SMILES string of the molecule is CCCCOP1OC(C)(C)C(C)(C)O1. The molecule has 1 fully saturated rings. The molecule has 0 aromatic carbocycles. The van der Waals surface area contributed by atoms with Gasteiger partial charge in [0.1, 0.15) is 11.2 Å². The Morgan fingerprint density at radius 3 is 2.00 bits per heavy atom. The summed E-state index contributed by atoms with van der Waals surface area (Å²) >= 11 is 0. The van der Waals surface area contributed by atoms with E-state index in [0.717, 1.165) is 19.4 Å². The smallest absolute Gasteiger partial charge is 0.312 e. The Morgan fingerprint density at radius 1 is 1.07 bits per heavy atom. The van der Waals surface area contributed by atoms with Crippen molar-refractivity contribution in [3.63, 3.8) is 0 Å². The number of hydrogen-bond donors (Lipinski definition) is 0. The van der Waals surface area contributed by atoms with Crippen LogP contribution in [-0.2, 0) is 13.6 Å². The Bertz CT molecular complexity index is 176. The summed E-state index contributed by atoms with van der Waals surface area (Å²) < 4.78 is 17.0. The molecule has 84 valence electrons. The molecule has 1 saturated heterocycles. The lowest BCUT2D eigenvalue weighted by atomic mass is 9.90. The summed E-state index contributed by atoms with van der Waals surface area (Å²) in [6.07, 6.45) is 2.20. The second-order valence-electron chi connectivity index (χ2n) is 4.61. The molecule has 0 N–H and O–H groups in total. The molecular formula is C10H21O3P. The minimum atomic E-state index is -1.13. The Kier molecular flexibility index (Phi) is 3.93. The van der Waals surface area contributed by atoms with Crippen molar-refractivity contribution < 1.29 is 13.6 Å². The highest BCUT2D eigenvalue weighted by Gasteiger charge is 2.50. The maximum Gasteiger partial charge on any atom is 0.333 e. The second-order valence-corrected chi connectivity index (χ2v) is 5.68. The van der Waals surface area contributed by atoms with Crippen molar-refractivity contribution >= 4 is 8.60 Å². The highest BCUT2D eigenvalue weighted by molar-refractivity contribution is 7.42. The summed E-state index contributed by atoms with van der Waals surface area (Å²) in [6.45, 7) is 11.0. The lowest BCUT2D eigenvalue weighted by Crippen LogP contribution is -2.41. The molecule has 0 saturated carbocycles. The van der Waals surface area contributed by atoms with Crippen LogP contribution in [0.4, 0.5) is 0 Å². The monoisotopic (exact) mass is 220 g/mol. The van der Waals surface area contributed by atoms with E-state index in [4.69, 9.17) is 13.6 Å². The number of unbranched alkanes of at least 4 members (excludes halogenated alkanes) is 1.